The summed E-state index contributed by atoms with van der Waals surface area (Å²) in [6, 6.07) is 4.70. The van der Waals surface area contributed by atoms with Crippen LogP contribution in [0.4, 0.5) is 0 Å². The minimum Gasteiger partial charge on any atom is -0.481 e. The number of hydrogen-bond donors (Lipinski definition) is 2. The van der Waals surface area contributed by atoms with Crippen molar-refractivity contribution in [3.63, 3.8) is 0 Å². The van der Waals surface area contributed by atoms with Crippen LogP contribution in [0.1, 0.15) is 31.7 Å². The zero-order valence-electron chi connectivity index (χ0n) is 11.7. The monoisotopic (exact) mass is 329 g/mol. The number of aliphatic carboxylic acids is 1. The predicted octanol–water partition coefficient (Wildman–Crippen LogP) is 3.30. The number of hydrogen-bond acceptors (Lipinski definition) is 2. The average molecular weight is 330 g/mol. The van der Waals surface area contributed by atoms with Crippen LogP contribution in [0.5, 0.6) is 0 Å². The number of carbonyl (C=O) groups is 2. The summed E-state index contributed by atoms with van der Waals surface area (Å²) in [6.07, 6.45) is 2.08. The van der Waals surface area contributed by atoms with Crippen LogP contribution in [0.3, 0.4) is 0 Å². The Balaban J connectivity index is 2.07. The number of rotatable bonds is 4. The Bertz CT molecular complexity index is 556. The van der Waals surface area contributed by atoms with Gasteiger partial charge in [-0.05, 0) is 37.5 Å². The van der Waals surface area contributed by atoms with Gasteiger partial charge in [-0.1, -0.05) is 35.7 Å². The van der Waals surface area contributed by atoms with E-state index in [2.05, 4.69) is 5.32 Å². The Morgan fingerprint density at radius 1 is 1.38 bits per heavy atom. The molecule has 2 atom stereocenters. The minimum atomic E-state index is -0.903. The molecule has 2 N–H and O–H groups in total. The maximum atomic E-state index is 12.2. The molecular formula is C15H17Cl2NO3. The molecule has 0 heterocycles. The molecule has 1 aromatic carbocycles. The zero-order chi connectivity index (χ0) is 15.6. The lowest BCUT2D eigenvalue weighted by molar-refractivity contribution is -0.149. The van der Waals surface area contributed by atoms with Gasteiger partial charge in [0.1, 0.15) is 0 Å². The van der Waals surface area contributed by atoms with Crippen molar-refractivity contribution >= 4 is 35.1 Å². The Morgan fingerprint density at radius 2 is 2.00 bits per heavy atom. The van der Waals surface area contributed by atoms with Crippen LogP contribution in [0.25, 0.3) is 0 Å². The van der Waals surface area contributed by atoms with Crippen LogP contribution < -0.4 is 5.32 Å². The summed E-state index contributed by atoms with van der Waals surface area (Å²) in [5.74, 6) is -1.13. The molecule has 0 saturated heterocycles. The summed E-state index contributed by atoms with van der Waals surface area (Å²) in [6.45, 7) is 1.68. The predicted molar refractivity (Wildman–Crippen MR) is 81.7 cm³/mol. The molecule has 1 aliphatic rings. The maximum absolute atomic E-state index is 12.2. The first-order chi connectivity index (χ1) is 9.84. The molecule has 0 spiro atoms. The highest BCUT2D eigenvalue weighted by Gasteiger charge is 2.45. The number of carbonyl (C=O) groups excluding carboxylic acids is 1. The molecule has 1 saturated carbocycles. The minimum absolute atomic E-state index is 0.0463. The fourth-order valence-corrected chi connectivity index (χ4v) is 3.29. The fraction of sp³-hybridized carbons (Fsp3) is 0.467. The molecule has 1 aliphatic carbocycles. The van der Waals surface area contributed by atoms with Crippen LogP contribution in [0, 0.1) is 5.41 Å². The first kappa shape index (κ1) is 16.1. The third-order valence-electron chi connectivity index (χ3n) is 4.18. The molecule has 1 amide bonds. The molecule has 21 heavy (non-hydrogen) atoms. The summed E-state index contributed by atoms with van der Waals surface area (Å²) in [7, 11) is 0. The van der Waals surface area contributed by atoms with E-state index in [4.69, 9.17) is 23.2 Å². The van der Waals surface area contributed by atoms with Gasteiger partial charge in [-0.25, -0.2) is 0 Å². The van der Waals surface area contributed by atoms with Crippen LogP contribution in [-0.4, -0.2) is 23.0 Å². The lowest BCUT2D eigenvalue weighted by Gasteiger charge is -2.27. The van der Waals surface area contributed by atoms with E-state index in [1.165, 1.54) is 0 Å². The van der Waals surface area contributed by atoms with Crippen LogP contribution in [0.2, 0.25) is 10.0 Å². The van der Waals surface area contributed by atoms with Gasteiger partial charge >= 0.3 is 5.97 Å². The second-order valence-corrected chi connectivity index (χ2v) is 6.43. The average Bonchev–Trinajstić information content (AvgIpc) is 2.77. The number of carboxylic acid groups (broad SMARTS) is 1. The Hall–Kier alpha value is -1.26. The van der Waals surface area contributed by atoms with Gasteiger partial charge in [-0.2, -0.15) is 0 Å². The lowest BCUT2D eigenvalue weighted by Crippen LogP contribution is -2.47. The first-order valence-electron chi connectivity index (χ1n) is 6.80. The van der Waals surface area contributed by atoms with Crippen molar-refractivity contribution in [1.29, 1.82) is 0 Å². The van der Waals surface area contributed by atoms with Crippen LogP contribution >= 0.6 is 23.2 Å². The van der Waals surface area contributed by atoms with E-state index in [-0.39, 0.29) is 18.4 Å². The van der Waals surface area contributed by atoms with Crippen molar-refractivity contribution < 1.29 is 14.7 Å². The Morgan fingerprint density at radius 3 is 2.57 bits per heavy atom. The van der Waals surface area contributed by atoms with E-state index < -0.39 is 11.4 Å². The molecule has 6 heteroatoms. The normalized spacial score (nSPS) is 24.8. The van der Waals surface area contributed by atoms with Gasteiger partial charge in [0, 0.05) is 16.1 Å². The van der Waals surface area contributed by atoms with Crippen LogP contribution in [0.15, 0.2) is 18.2 Å². The molecule has 0 radical (unpaired) electrons. The standard InChI is InChI=1S/C15H17Cl2NO3/c1-15(14(20)21)7-3-6-12(15)18-13(19)8-9-10(16)4-2-5-11(9)17/h2,4-5,12H,3,6-8H2,1H3,(H,18,19)(H,20,21). The summed E-state index contributed by atoms with van der Waals surface area (Å²) >= 11 is 12.1. The quantitative estimate of drug-likeness (QED) is 0.890. The smallest absolute Gasteiger partial charge is 0.311 e. The molecule has 0 aromatic heterocycles. The van der Waals surface area contributed by atoms with Crippen molar-refractivity contribution in [3.05, 3.63) is 33.8 Å². The summed E-state index contributed by atoms with van der Waals surface area (Å²) in [4.78, 5) is 23.6. The third-order valence-corrected chi connectivity index (χ3v) is 4.89. The molecule has 1 fully saturated rings. The molecule has 114 valence electrons. The van der Waals surface area contributed by atoms with E-state index >= 15 is 0 Å². The topological polar surface area (TPSA) is 66.4 Å². The summed E-state index contributed by atoms with van der Waals surface area (Å²) in [5, 5.41) is 13.0. The van der Waals surface area contributed by atoms with E-state index in [1.807, 2.05) is 0 Å². The van der Waals surface area contributed by atoms with Gasteiger partial charge in [0.15, 0.2) is 0 Å². The van der Waals surface area contributed by atoms with E-state index in [0.717, 1.165) is 6.42 Å². The highest BCUT2D eigenvalue weighted by atomic mass is 35.5. The number of halogens is 2. The molecule has 0 bridgehead atoms. The maximum Gasteiger partial charge on any atom is 0.311 e. The highest BCUT2D eigenvalue weighted by molar-refractivity contribution is 6.36. The lowest BCUT2D eigenvalue weighted by atomic mass is 9.85. The van der Waals surface area contributed by atoms with Gasteiger partial charge in [-0.3, -0.25) is 9.59 Å². The van der Waals surface area contributed by atoms with Crippen molar-refractivity contribution in [2.45, 2.75) is 38.6 Å². The molecule has 1 aromatic rings. The van der Waals surface area contributed by atoms with Gasteiger partial charge in [0.2, 0.25) is 5.91 Å². The largest absolute Gasteiger partial charge is 0.481 e. The van der Waals surface area contributed by atoms with Crippen molar-refractivity contribution in [1.82, 2.24) is 5.32 Å². The van der Waals surface area contributed by atoms with E-state index in [1.54, 1.807) is 25.1 Å². The van der Waals surface area contributed by atoms with Gasteiger partial charge in [0.05, 0.1) is 11.8 Å². The van der Waals surface area contributed by atoms with Gasteiger partial charge in [0.25, 0.3) is 0 Å². The number of benzene rings is 1. The number of carboxylic acids is 1. The number of amides is 1. The molecular weight excluding hydrogens is 313 g/mol. The van der Waals surface area contributed by atoms with Crippen molar-refractivity contribution in [2.24, 2.45) is 5.41 Å². The molecule has 2 rings (SSSR count). The van der Waals surface area contributed by atoms with Crippen LogP contribution in [-0.2, 0) is 16.0 Å². The summed E-state index contributed by atoms with van der Waals surface area (Å²) in [5.41, 5.74) is -0.340. The van der Waals surface area contributed by atoms with Gasteiger partial charge < -0.3 is 10.4 Å². The fourth-order valence-electron chi connectivity index (χ4n) is 2.76. The zero-order valence-corrected chi connectivity index (χ0v) is 13.2. The Labute approximate surface area is 133 Å². The van der Waals surface area contributed by atoms with Crippen molar-refractivity contribution in [2.75, 3.05) is 0 Å². The number of nitrogens with one attached hydrogen (secondary N) is 1. The van der Waals surface area contributed by atoms with Crippen molar-refractivity contribution in [3.8, 4) is 0 Å². The molecule has 2 unspecified atom stereocenters. The first-order valence-corrected chi connectivity index (χ1v) is 7.56. The molecule has 4 nitrogen and oxygen atoms in total. The second kappa shape index (κ2) is 6.24. The SMILES string of the molecule is CC1(C(=O)O)CCCC1NC(=O)Cc1c(Cl)cccc1Cl. The highest BCUT2D eigenvalue weighted by Crippen LogP contribution is 2.38. The third kappa shape index (κ3) is 3.33. The summed E-state index contributed by atoms with van der Waals surface area (Å²) < 4.78 is 0. The second-order valence-electron chi connectivity index (χ2n) is 5.61. The van der Waals surface area contributed by atoms with E-state index in [9.17, 15) is 14.7 Å². The Kier molecular flexibility index (Phi) is 4.79. The molecule has 0 aliphatic heterocycles. The van der Waals surface area contributed by atoms with E-state index in [0.29, 0.717) is 28.5 Å². The van der Waals surface area contributed by atoms with Gasteiger partial charge in [-0.15, -0.1) is 0 Å².